The summed E-state index contributed by atoms with van der Waals surface area (Å²) in [5, 5.41) is 0. The Balaban J connectivity index is 2.83. The lowest BCUT2D eigenvalue weighted by molar-refractivity contribution is -0.274. The lowest BCUT2D eigenvalue weighted by atomic mass is 10.2. The molecular formula is C10H8F3NO2. The summed E-state index contributed by atoms with van der Waals surface area (Å²) < 4.78 is 39.3. The number of hydrogen-bond donors (Lipinski definition) is 1. The first-order valence-corrected chi connectivity index (χ1v) is 4.20. The number of primary amides is 1. The molecule has 0 atom stereocenters. The highest BCUT2D eigenvalue weighted by molar-refractivity contribution is 5.90. The Morgan fingerprint density at radius 1 is 1.38 bits per heavy atom. The molecule has 0 aromatic heterocycles. The summed E-state index contributed by atoms with van der Waals surface area (Å²) in [5.41, 5.74) is 5.23. The van der Waals surface area contributed by atoms with Crippen molar-refractivity contribution in [2.75, 3.05) is 0 Å². The molecule has 3 nitrogen and oxygen atoms in total. The molecule has 0 aliphatic rings. The molecule has 0 heterocycles. The molecule has 1 amide bonds. The first-order chi connectivity index (χ1) is 7.37. The van der Waals surface area contributed by atoms with Gasteiger partial charge in [0.1, 0.15) is 5.75 Å². The van der Waals surface area contributed by atoms with Crippen molar-refractivity contribution >= 4 is 12.0 Å². The van der Waals surface area contributed by atoms with Gasteiger partial charge >= 0.3 is 6.36 Å². The Bertz CT molecular complexity index is 413. The molecule has 1 aromatic carbocycles. The van der Waals surface area contributed by atoms with Gasteiger partial charge in [0.2, 0.25) is 5.91 Å². The van der Waals surface area contributed by atoms with Gasteiger partial charge in [0.15, 0.2) is 0 Å². The van der Waals surface area contributed by atoms with E-state index >= 15 is 0 Å². The second-order valence-electron chi connectivity index (χ2n) is 2.86. The minimum Gasteiger partial charge on any atom is -0.406 e. The predicted octanol–water partition coefficient (Wildman–Crippen LogP) is 2.08. The van der Waals surface area contributed by atoms with E-state index in [4.69, 9.17) is 5.73 Å². The topological polar surface area (TPSA) is 52.3 Å². The quantitative estimate of drug-likeness (QED) is 0.809. The van der Waals surface area contributed by atoms with E-state index in [1.54, 1.807) is 0 Å². The van der Waals surface area contributed by atoms with Gasteiger partial charge in [-0.1, -0.05) is 12.1 Å². The summed E-state index contributed by atoms with van der Waals surface area (Å²) in [4.78, 5) is 10.4. The van der Waals surface area contributed by atoms with Crippen LogP contribution in [-0.2, 0) is 4.79 Å². The van der Waals surface area contributed by atoms with Crippen LogP contribution in [0.3, 0.4) is 0 Å². The lowest BCUT2D eigenvalue weighted by Crippen LogP contribution is -2.17. The highest BCUT2D eigenvalue weighted by atomic mass is 19.4. The molecule has 0 aliphatic heterocycles. The molecule has 0 saturated heterocycles. The van der Waals surface area contributed by atoms with Gasteiger partial charge in [0.05, 0.1) is 0 Å². The van der Waals surface area contributed by atoms with Gasteiger partial charge in [-0.3, -0.25) is 4.79 Å². The molecular weight excluding hydrogens is 223 g/mol. The maximum atomic E-state index is 11.9. The molecule has 6 heteroatoms. The molecule has 0 spiro atoms. The number of halogens is 3. The Morgan fingerprint density at radius 3 is 2.62 bits per heavy atom. The van der Waals surface area contributed by atoms with Gasteiger partial charge in [0, 0.05) is 6.08 Å². The van der Waals surface area contributed by atoms with Crippen LogP contribution in [0, 0.1) is 0 Å². The number of alkyl halides is 3. The van der Waals surface area contributed by atoms with Gasteiger partial charge in [-0.2, -0.15) is 0 Å². The minimum atomic E-state index is -4.73. The van der Waals surface area contributed by atoms with E-state index in [2.05, 4.69) is 4.74 Å². The Kier molecular flexibility index (Phi) is 3.55. The third-order valence-electron chi connectivity index (χ3n) is 1.53. The zero-order valence-electron chi connectivity index (χ0n) is 7.99. The Labute approximate surface area is 89.3 Å². The number of hydrogen-bond acceptors (Lipinski definition) is 2. The molecule has 0 aliphatic carbocycles. The van der Waals surface area contributed by atoms with Crippen molar-refractivity contribution in [3.8, 4) is 5.75 Å². The Morgan fingerprint density at radius 2 is 2.06 bits per heavy atom. The van der Waals surface area contributed by atoms with Crippen LogP contribution in [0.2, 0.25) is 0 Å². The van der Waals surface area contributed by atoms with Crippen molar-refractivity contribution in [3.05, 3.63) is 35.9 Å². The van der Waals surface area contributed by atoms with Crippen molar-refractivity contribution in [1.29, 1.82) is 0 Å². The molecule has 16 heavy (non-hydrogen) atoms. The van der Waals surface area contributed by atoms with Crippen LogP contribution < -0.4 is 10.5 Å². The maximum Gasteiger partial charge on any atom is 0.573 e. The fourth-order valence-corrected chi connectivity index (χ4v) is 0.994. The third kappa shape index (κ3) is 4.50. The van der Waals surface area contributed by atoms with E-state index in [-0.39, 0.29) is 5.75 Å². The third-order valence-corrected chi connectivity index (χ3v) is 1.53. The Hall–Kier alpha value is -1.98. The van der Waals surface area contributed by atoms with Crippen LogP contribution in [0.4, 0.5) is 13.2 Å². The molecule has 0 bridgehead atoms. The van der Waals surface area contributed by atoms with E-state index in [1.807, 2.05) is 0 Å². The van der Waals surface area contributed by atoms with Crippen LogP contribution in [0.15, 0.2) is 30.3 Å². The smallest absolute Gasteiger partial charge is 0.406 e. The SMILES string of the molecule is NC(=O)/C=C\c1cccc(OC(F)(F)F)c1. The van der Waals surface area contributed by atoms with Crippen LogP contribution in [0.1, 0.15) is 5.56 Å². The second-order valence-corrected chi connectivity index (χ2v) is 2.86. The molecule has 0 fully saturated rings. The van der Waals surface area contributed by atoms with E-state index in [9.17, 15) is 18.0 Å². The van der Waals surface area contributed by atoms with Gasteiger partial charge in [-0.15, -0.1) is 13.2 Å². The van der Waals surface area contributed by atoms with Gasteiger partial charge < -0.3 is 10.5 Å². The fraction of sp³-hybridized carbons (Fsp3) is 0.100. The monoisotopic (exact) mass is 231 g/mol. The van der Waals surface area contributed by atoms with Crippen molar-refractivity contribution < 1.29 is 22.7 Å². The zero-order valence-corrected chi connectivity index (χ0v) is 7.99. The van der Waals surface area contributed by atoms with Gasteiger partial charge in [0.25, 0.3) is 0 Å². The first-order valence-electron chi connectivity index (χ1n) is 4.20. The molecule has 2 N–H and O–H groups in total. The summed E-state index contributed by atoms with van der Waals surface area (Å²) in [6.07, 6.45) is -2.38. The number of rotatable bonds is 3. The molecule has 1 aromatic rings. The van der Waals surface area contributed by atoms with Crippen LogP contribution in [0.5, 0.6) is 5.75 Å². The zero-order chi connectivity index (χ0) is 12.2. The van der Waals surface area contributed by atoms with Crippen LogP contribution in [0.25, 0.3) is 6.08 Å². The van der Waals surface area contributed by atoms with Crippen LogP contribution >= 0.6 is 0 Å². The summed E-state index contributed by atoms with van der Waals surface area (Å²) in [5.74, 6) is -1.03. The van der Waals surface area contributed by atoms with Crippen LogP contribution in [-0.4, -0.2) is 12.3 Å². The number of carbonyl (C=O) groups excluding carboxylic acids is 1. The van der Waals surface area contributed by atoms with Gasteiger partial charge in [-0.05, 0) is 23.8 Å². The predicted molar refractivity (Wildman–Crippen MR) is 51.4 cm³/mol. The molecule has 86 valence electrons. The normalized spacial score (nSPS) is 11.7. The summed E-state index contributed by atoms with van der Waals surface area (Å²) in [6, 6.07) is 5.20. The van der Waals surface area contributed by atoms with E-state index in [0.717, 1.165) is 18.2 Å². The number of amides is 1. The minimum absolute atomic E-state index is 0.348. The number of benzene rings is 1. The van der Waals surface area contributed by atoms with E-state index < -0.39 is 12.3 Å². The number of nitrogens with two attached hydrogens (primary N) is 1. The maximum absolute atomic E-state index is 11.9. The average molecular weight is 231 g/mol. The second kappa shape index (κ2) is 4.69. The largest absolute Gasteiger partial charge is 0.573 e. The van der Waals surface area contributed by atoms with Crippen molar-refractivity contribution in [2.24, 2.45) is 5.73 Å². The lowest BCUT2D eigenvalue weighted by Gasteiger charge is -2.08. The first kappa shape index (κ1) is 12.1. The van der Waals surface area contributed by atoms with Crippen molar-refractivity contribution in [2.45, 2.75) is 6.36 Å². The molecule has 0 saturated carbocycles. The fourth-order valence-electron chi connectivity index (χ4n) is 0.994. The molecule has 0 radical (unpaired) electrons. The van der Waals surface area contributed by atoms with E-state index in [1.165, 1.54) is 18.2 Å². The standard InChI is InChI=1S/C10H8F3NO2/c11-10(12,13)16-8-3-1-2-7(6-8)4-5-9(14)15/h1-6H,(H2,14,15)/b5-4-. The van der Waals surface area contributed by atoms with Crippen molar-refractivity contribution in [3.63, 3.8) is 0 Å². The highest BCUT2D eigenvalue weighted by Gasteiger charge is 2.30. The van der Waals surface area contributed by atoms with Crippen molar-refractivity contribution in [1.82, 2.24) is 0 Å². The molecule has 1 rings (SSSR count). The highest BCUT2D eigenvalue weighted by Crippen LogP contribution is 2.23. The van der Waals surface area contributed by atoms with E-state index in [0.29, 0.717) is 5.56 Å². The van der Waals surface area contributed by atoms with Gasteiger partial charge in [-0.25, -0.2) is 0 Å². The summed E-state index contributed by atoms with van der Waals surface area (Å²) >= 11 is 0. The molecule has 0 unspecified atom stereocenters. The number of carbonyl (C=O) groups is 1. The average Bonchev–Trinajstić information content (AvgIpc) is 2.12. The summed E-state index contributed by atoms with van der Waals surface area (Å²) in [7, 11) is 0. The number of ether oxygens (including phenoxy) is 1. The summed E-state index contributed by atoms with van der Waals surface area (Å²) in [6.45, 7) is 0.